The van der Waals surface area contributed by atoms with E-state index in [0.717, 1.165) is 30.9 Å². The van der Waals surface area contributed by atoms with Crippen molar-refractivity contribution < 1.29 is 14.3 Å². The molecule has 2 atom stereocenters. The van der Waals surface area contributed by atoms with E-state index in [4.69, 9.17) is 9.47 Å². The zero-order valence-electron chi connectivity index (χ0n) is 15.0. The molecule has 0 N–H and O–H groups in total. The van der Waals surface area contributed by atoms with Crippen molar-refractivity contribution in [2.75, 3.05) is 26.8 Å². The van der Waals surface area contributed by atoms with Gasteiger partial charge in [-0.05, 0) is 23.3 Å². The molecule has 2 fully saturated rings. The molecule has 2 aromatic rings. The van der Waals surface area contributed by atoms with E-state index < -0.39 is 0 Å². The predicted octanol–water partition coefficient (Wildman–Crippen LogP) is 2.31. The van der Waals surface area contributed by atoms with Crippen LogP contribution >= 0.6 is 0 Å². The molecule has 0 radical (unpaired) electrons. The quantitative estimate of drug-likeness (QED) is 0.828. The molecule has 1 amide bonds. The summed E-state index contributed by atoms with van der Waals surface area (Å²) < 4.78 is 11.1. The number of benzene rings is 2. The first kappa shape index (κ1) is 17.1. The Morgan fingerprint density at radius 3 is 2.46 bits per heavy atom. The van der Waals surface area contributed by atoms with Crippen LogP contribution in [-0.4, -0.2) is 54.7 Å². The van der Waals surface area contributed by atoms with Crippen molar-refractivity contribution >= 4 is 5.91 Å². The predicted molar refractivity (Wildman–Crippen MR) is 98.8 cm³/mol. The van der Waals surface area contributed by atoms with Gasteiger partial charge in [0.25, 0.3) is 0 Å². The second kappa shape index (κ2) is 7.48. The van der Waals surface area contributed by atoms with Crippen LogP contribution in [0, 0.1) is 0 Å². The monoisotopic (exact) mass is 352 g/mol. The lowest BCUT2D eigenvalue weighted by Crippen LogP contribution is -2.53. The highest BCUT2D eigenvalue weighted by Gasteiger charge is 2.42. The third kappa shape index (κ3) is 3.59. The minimum atomic E-state index is 0.0846. The number of carbonyl (C=O) groups is 1. The molecule has 5 heteroatoms. The van der Waals surface area contributed by atoms with E-state index in [2.05, 4.69) is 29.2 Å². The summed E-state index contributed by atoms with van der Waals surface area (Å²) in [6, 6.07) is 18.5. The van der Waals surface area contributed by atoms with Crippen molar-refractivity contribution in [2.24, 2.45) is 0 Å². The average molecular weight is 352 g/mol. The topological polar surface area (TPSA) is 42.0 Å². The minimum absolute atomic E-state index is 0.0846. The van der Waals surface area contributed by atoms with Crippen LogP contribution in [0.5, 0.6) is 5.75 Å². The Balaban J connectivity index is 1.44. The minimum Gasteiger partial charge on any atom is -0.497 e. The fraction of sp³-hybridized carbons (Fsp3) is 0.381. The number of ether oxygens (including phenoxy) is 2. The van der Waals surface area contributed by atoms with Gasteiger partial charge in [0.05, 0.1) is 19.3 Å². The molecular weight excluding hydrogens is 328 g/mol. The highest BCUT2D eigenvalue weighted by molar-refractivity contribution is 5.78. The molecule has 136 valence electrons. The van der Waals surface area contributed by atoms with Crippen LogP contribution in [0.3, 0.4) is 0 Å². The number of carbonyl (C=O) groups excluding carboxylic acids is 1. The van der Waals surface area contributed by atoms with E-state index in [1.54, 1.807) is 7.11 Å². The number of rotatable bonds is 5. The Labute approximate surface area is 154 Å². The fourth-order valence-electron chi connectivity index (χ4n) is 3.85. The summed E-state index contributed by atoms with van der Waals surface area (Å²) in [5, 5.41) is 0. The number of fused-ring (bicyclic) bond motifs is 1. The third-order valence-electron chi connectivity index (χ3n) is 5.22. The van der Waals surface area contributed by atoms with Crippen LogP contribution in [0.2, 0.25) is 0 Å². The van der Waals surface area contributed by atoms with Gasteiger partial charge in [0.2, 0.25) is 5.91 Å². The molecule has 0 spiro atoms. The Hall–Kier alpha value is -2.37. The van der Waals surface area contributed by atoms with Gasteiger partial charge in [-0.2, -0.15) is 0 Å². The van der Waals surface area contributed by atoms with Gasteiger partial charge >= 0.3 is 0 Å². The number of hydrogen-bond donors (Lipinski definition) is 0. The maximum atomic E-state index is 12.4. The van der Waals surface area contributed by atoms with E-state index in [-0.39, 0.29) is 24.7 Å². The molecule has 0 saturated carbocycles. The van der Waals surface area contributed by atoms with Crippen LogP contribution in [0.1, 0.15) is 11.1 Å². The van der Waals surface area contributed by atoms with Crippen LogP contribution in [0.25, 0.3) is 0 Å². The number of methoxy groups -OCH3 is 1. The maximum Gasteiger partial charge on any atom is 0.249 e. The van der Waals surface area contributed by atoms with Crippen molar-refractivity contribution in [3.8, 4) is 5.75 Å². The van der Waals surface area contributed by atoms with Gasteiger partial charge in [-0.25, -0.2) is 0 Å². The van der Waals surface area contributed by atoms with Crippen molar-refractivity contribution in [3.05, 3.63) is 65.7 Å². The molecule has 0 aliphatic carbocycles. The van der Waals surface area contributed by atoms with Gasteiger partial charge in [0, 0.05) is 26.2 Å². The highest BCUT2D eigenvalue weighted by Crippen LogP contribution is 2.26. The van der Waals surface area contributed by atoms with Gasteiger partial charge in [0.1, 0.15) is 12.4 Å². The Morgan fingerprint density at radius 1 is 1.00 bits per heavy atom. The van der Waals surface area contributed by atoms with Gasteiger partial charge in [-0.1, -0.05) is 42.5 Å². The summed E-state index contributed by atoms with van der Waals surface area (Å²) in [6.07, 6.45) is 0.0923. The first-order valence-corrected chi connectivity index (χ1v) is 9.03. The summed E-state index contributed by atoms with van der Waals surface area (Å²) >= 11 is 0. The molecule has 0 bridgehead atoms. The summed E-state index contributed by atoms with van der Waals surface area (Å²) in [7, 11) is 1.68. The standard InChI is InChI=1S/C21H24N2O3/c1-25-18-9-7-17(8-10-18)11-22-13-19-20(14-22)26-15-21(24)23(19)12-16-5-3-2-4-6-16/h2-10,19-20H,11-15H2,1H3. The lowest BCUT2D eigenvalue weighted by molar-refractivity contribution is -0.153. The SMILES string of the molecule is COc1ccc(CN2CC3OCC(=O)N(Cc4ccccc4)C3C2)cc1. The second-order valence-corrected chi connectivity index (χ2v) is 6.97. The van der Waals surface area contributed by atoms with Crippen molar-refractivity contribution in [3.63, 3.8) is 0 Å². The number of hydrogen-bond acceptors (Lipinski definition) is 4. The molecule has 5 nitrogen and oxygen atoms in total. The summed E-state index contributed by atoms with van der Waals surface area (Å²) in [5.74, 6) is 0.952. The Morgan fingerprint density at radius 2 is 1.73 bits per heavy atom. The molecule has 2 saturated heterocycles. The van der Waals surface area contributed by atoms with Gasteiger partial charge in [0.15, 0.2) is 0 Å². The van der Waals surface area contributed by atoms with Crippen molar-refractivity contribution in [1.29, 1.82) is 0 Å². The number of amides is 1. The highest BCUT2D eigenvalue weighted by atomic mass is 16.5. The van der Waals surface area contributed by atoms with E-state index >= 15 is 0 Å². The van der Waals surface area contributed by atoms with Crippen LogP contribution < -0.4 is 4.74 Å². The molecule has 4 rings (SSSR count). The Bertz CT molecular complexity index is 748. The molecule has 2 heterocycles. The number of nitrogens with zero attached hydrogens (tertiary/aromatic N) is 2. The molecule has 2 aromatic carbocycles. The summed E-state index contributed by atoms with van der Waals surface area (Å²) in [6.45, 7) is 3.39. The lowest BCUT2D eigenvalue weighted by Gasteiger charge is -2.36. The summed E-state index contributed by atoms with van der Waals surface area (Å²) in [4.78, 5) is 16.8. The molecule has 0 aromatic heterocycles. The average Bonchev–Trinajstić information content (AvgIpc) is 3.08. The van der Waals surface area contributed by atoms with Gasteiger partial charge in [-0.3, -0.25) is 9.69 Å². The van der Waals surface area contributed by atoms with E-state index in [1.807, 2.05) is 35.2 Å². The molecule has 2 aliphatic rings. The van der Waals surface area contributed by atoms with Gasteiger partial charge in [-0.15, -0.1) is 0 Å². The largest absolute Gasteiger partial charge is 0.497 e. The zero-order chi connectivity index (χ0) is 17.9. The van der Waals surface area contributed by atoms with Gasteiger partial charge < -0.3 is 14.4 Å². The molecule has 26 heavy (non-hydrogen) atoms. The van der Waals surface area contributed by atoms with Crippen molar-refractivity contribution in [1.82, 2.24) is 9.80 Å². The van der Waals surface area contributed by atoms with Crippen molar-refractivity contribution in [2.45, 2.75) is 25.2 Å². The fourth-order valence-corrected chi connectivity index (χ4v) is 3.85. The first-order valence-electron chi connectivity index (χ1n) is 9.03. The maximum absolute atomic E-state index is 12.4. The molecule has 2 unspecified atom stereocenters. The van der Waals surface area contributed by atoms with E-state index in [0.29, 0.717) is 6.54 Å². The first-order chi connectivity index (χ1) is 12.7. The van der Waals surface area contributed by atoms with Crippen LogP contribution in [0.4, 0.5) is 0 Å². The smallest absolute Gasteiger partial charge is 0.249 e. The summed E-state index contributed by atoms with van der Waals surface area (Å²) in [5.41, 5.74) is 2.40. The van der Waals surface area contributed by atoms with Crippen LogP contribution in [-0.2, 0) is 22.6 Å². The molecule has 2 aliphatic heterocycles. The second-order valence-electron chi connectivity index (χ2n) is 6.97. The number of morpholine rings is 1. The lowest BCUT2D eigenvalue weighted by atomic mass is 10.1. The Kier molecular flexibility index (Phi) is 4.91. The third-order valence-corrected chi connectivity index (χ3v) is 5.22. The van der Waals surface area contributed by atoms with E-state index in [1.165, 1.54) is 5.56 Å². The molecular formula is C21H24N2O3. The number of likely N-dealkylation sites (tertiary alicyclic amines) is 1. The normalized spacial score (nSPS) is 23.1. The zero-order valence-corrected chi connectivity index (χ0v) is 15.0. The van der Waals surface area contributed by atoms with Crippen LogP contribution in [0.15, 0.2) is 54.6 Å². The van der Waals surface area contributed by atoms with E-state index in [9.17, 15) is 4.79 Å².